The van der Waals surface area contributed by atoms with E-state index in [1.807, 2.05) is 0 Å². The van der Waals surface area contributed by atoms with Crippen molar-refractivity contribution in [2.24, 2.45) is 0 Å². The van der Waals surface area contributed by atoms with E-state index in [2.05, 4.69) is 5.32 Å². The van der Waals surface area contributed by atoms with E-state index >= 15 is 0 Å². The molecule has 0 aliphatic heterocycles. The molecule has 0 aliphatic carbocycles. The Labute approximate surface area is 108 Å². The van der Waals surface area contributed by atoms with Gasteiger partial charge in [-0.25, -0.2) is 0 Å². The lowest BCUT2D eigenvalue weighted by molar-refractivity contribution is 0.0995. The Kier molecular flexibility index (Phi) is 3.41. The van der Waals surface area contributed by atoms with E-state index in [4.69, 9.17) is 27.6 Å². The second-order valence-electron chi connectivity index (χ2n) is 3.49. The number of carbonyl (C=O) groups is 1. The van der Waals surface area contributed by atoms with Crippen molar-refractivity contribution in [1.29, 1.82) is 0 Å². The van der Waals surface area contributed by atoms with Crippen molar-refractivity contribution < 1.29 is 9.21 Å². The minimum absolute atomic E-state index is 0.244. The van der Waals surface area contributed by atoms with Crippen molar-refractivity contribution in [2.75, 3.05) is 5.32 Å². The van der Waals surface area contributed by atoms with Crippen LogP contribution in [-0.2, 0) is 0 Å². The van der Waals surface area contributed by atoms with Crippen LogP contribution < -0.4 is 5.32 Å². The number of halogens is 2. The van der Waals surface area contributed by atoms with Gasteiger partial charge in [-0.1, -0.05) is 23.2 Å². The number of carbonyl (C=O) groups excluding carboxylic acids is 1. The molecule has 0 radical (unpaired) electrons. The number of rotatable bonds is 2. The van der Waals surface area contributed by atoms with Crippen molar-refractivity contribution in [1.82, 2.24) is 0 Å². The largest absolute Gasteiger partial charge is 0.456 e. The standard InChI is InChI=1S/C12H9Cl2NO2/c1-7-2-5-11(17-7)12(16)15-10-4-3-8(13)6-9(10)14/h2-6H,1H3,(H,15,16). The molecule has 1 N–H and O–H groups in total. The van der Waals surface area contributed by atoms with Gasteiger partial charge in [0.15, 0.2) is 5.76 Å². The average molecular weight is 270 g/mol. The summed E-state index contributed by atoms with van der Waals surface area (Å²) in [6.07, 6.45) is 0. The van der Waals surface area contributed by atoms with Crippen LogP contribution in [0, 0.1) is 6.92 Å². The average Bonchev–Trinajstić information content (AvgIpc) is 2.69. The van der Waals surface area contributed by atoms with Crippen LogP contribution in [0.4, 0.5) is 5.69 Å². The molecule has 0 atom stereocenters. The predicted octanol–water partition coefficient (Wildman–Crippen LogP) is 4.15. The normalized spacial score (nSPS) is 10.3. The van der Waals surface area contributed by atoms with Gasteiger partial charge in [-0.3, -0.25) is 4.79 Å². The van der Waals surface area contributed by atoms with Crippen LogP contribution in [0.1, 0.15) is 16.3 Å². The number of hydrogen-bond acceptors (Lipinski definition) is 2. The zero-order valence-corrected chi connectivity index (χ0v) is 10.5. The molecule has 0 unspecified atom stereocenters. The zero-order chi connectivity index (χ0) is 12.4. The summed E-state index contributed by atoms with van der Waals surface area (Å²) in [5.74, 6) is 0.577. The van der Waals surface area contributed by atoms with Crippen LogP contribution in [0.15, 0.2) is 34.7 Å². The van der Waals surface area contributed by atoms with Crippen molar-refractivity contribution in [3.8, 4) is 0 Å². The molecular weight excluding hydrogens is 261 g/mol. The summed E-state index contributed by atoms with van der Waals surface area (Å²) in [5.41, 5.74) is 0.495. The molecule has 2 aromatic rings. The molecule has 88 valence electrons. The van der Waals surface area contributed by atoms with Gasteiger partial charge in [-0.15, -0.1) is 0 Å². The molecule has 1 amide bonds. The first-order valence-corrected chi connectivity index (χ1v) is 5.64. The molecule has 0 saturated heterocycles. The van der Waals surface area contributed by atoms with Gasteiger partial charge in [0.25, 0.3) is 5.91 Å². The van der Waals surface area contributed by atoms with Crippen molar-refractivity contribution in [3.05, 3.63) is 51.9 Å². The van der Waals surface area contributed by atoms with E-state index in [9.17, 15) is 4.79 Å². The lowest BCUT2D eigenvalue weighted by atomic mass is 10.3. The predicted molar refractivity (Wildman–Crippen MR) is 67.9 cm³/mol. The highest BCUT2D eigenvalue weighted by Gasteiger charge is 2.11. The van der Waals surface area contributed by atoms with Gasteiger partial charge < -0.3 is 9.73 Å². The molecule has 0 spiro atoms. The first-order valence-electron chi connectivity index (χ1n) is 4.89. The van der Waals surface area contributed by atoms with E-state index in [-0.39, 0.29) is 11.7 Å². The van der Waals surface area contributed by atoms with E-state index in [0.29, 0.717) is 21.5 Å². The molecule has 3 nitrogen and oxygen atoms in total. The van der Waals surface area contributed by atoms with Gasteiger partial charge in [-0.2, -0.15) is 0 Å². The van der Waals surface area contributed by atoms with Crippen LogP contribution in [0.25, 0.3) is 0 Å². The maximum atomic E-state index is 11.8. The molecule has 1 aromatic carbocycles. The number of benzene rings is 1. The van der Waals surface area contributed by atoms with Crippen molar-refractivity contribution >= 4 is 34.8 Å². The van der Waals surface area contributed by atoms with Crippen LogP contribution >= 0.6 is 23.2 Å². The Hall–Kier alpha value is -1.45. The molecule has 5 heteroatoms. The topological polar surface area (TPSA) is 42.2 Å². The van der Waals surface area contributed by atoms with E-state index in [0.717, 1.165) is 0 Å². The van der Waals surface area contributed by atoms with E-state index in [1.54, 1.807) is 37.3 Å². The van der Waals surface area contributed by atoms with Crippen LogP contribution in [0.2, 0.25) is 10.0 Å². The number of hydrogen-bond donors (Lipinski definition) is 1. The highest BCUT2D eigenvalue weighted by molar-refractivity contribution is 6.36. The van der Waals surface area contributed by atoms with Gasteiger partial charge >= 0.3 is 0 Å². The van der Waals surface area contributed by atoms with Gasteiger partial charge in [0.2, 0.25) is 0 Å². The molecule has 1 aromatic heterocycles. The Morgan fingerprint density at radius 3 is 2.59 bits per heavy atom. The summed E-state index contributed by atoms with van der Waals surface area (Å²) in [5, 5.41) is 3.54. The number of anilines is 1. The molecule has 0 aliphatic rings. The molecule has 1 heterocycles. The van der Waals surface area contributed by atoms with E-state index in [1.165, 1.54) is 0 Å². The fraction of sp³-hybridized carbons (Fsp3) is 0.0833. The Morgan fingerprint density at radius 1 is 1.24 bits per heavy atom. The van der Waals surface area contributed by atoms with E-state index < -0.39 is 0 Å². The summed E-state index contributed by atoms with van der Waals surface area (Å²) < 4.78 is 5.20. The Balaban J connectivity index is 2.18. The Morgan fingerprint density at radius 2 is 2.00 bits per heavy atom. The molecular formula is C12H9Cl2NO2. The second-order valence-corrected chi connectivity index (χ2v) is 4.33. The Bertz CT molecular complexity index is 563. The van der Waals surface area contributed by atoms with Gasteiger partial charge in [0, 0.05) is 5.02 Å². The lowest BCUT2D eigenvalue weighted by Crippen LogP contribution is -2.11. The maximum absolute atomic E-state index is 11.8. The first kappa shape index (κ1) is 12.0. The third-order valence-electron chi connectivity index (χ3n) is 2.14. The molecule has 17 heavy (non-hydrogen) atoms. The molecule has 0 bridgehead atoms. The number of amides is 1. The minimum Gasteiger partial charge on any atom is -0.456 e. The van der Waals surface area contributed by atoms with Gasteiger partial charge in [-0.05, 0) is 37.3 Å². The number of furan rings is 1. The van der Waals surface area contributed by atoms with Crippen molar-refractivity contribution in [3.63, 3.8) is 0 Å². The second kappa shape index (κ2) is 4.82. The third kappa shape index (κ3) is 2.81. The number of nitrogens with one attached hydrogen (secondary N) is 1. The first-order chi connectivity index (χ1) is 8.06. The van der Waals surface area contributed by atoms with Gasteiger partial charge in [0.1, 0.15) is 5.76 Å². The smallest absolute Gasteiger partial charge is 0.291 e. The summed E-state index contributed by atoms with van der Waals surface area (Å²) >= 11 is 11.7. The summed E-state index contributed by atoms with van der Waals surface area (Å²) in [6, 6.07) is 8.17. The molecule has 0 fully saturated rings. The van der Waals surface area contributed by atoms with Gasteiger partial charge in [0.05, 0.1) is 10.7 Å². The highest BCUT2D eigenvalue weighted by atomic mass is 35.5. The maximum Gasteiger partial charge on any atom is 0.291 e. The number of aryl methyl sites for hydroxylation is 1. The highest BCUT2D eigenvalue weighted by Crippen LogP contribution is 2.25. The molecule has 0 saturated carbocycles. The third-order valence-corrected chi connectivity index (χ3v) is 2.69. The van der Waals surface area contributed by atoms with Crippen molar-refractivity contribution in [2.45, 2.75) is 6.92 Å². The minimum atomic E-state index is -0.345. The molecule has 2 rings (SSSR count). The quantitative estimate of drug-likeness (QED) is 0.890. The monoisotopic (exact) mass is 269 g/mol. The van der Waals surface area contributed by atoms with Crippen LogP contribution in [-0.4, -0.2) is 5.91 Å². The zero-order valence-electron chi connectivity index (χ0n) is 8.96. The summed E-state index contributed by atoms with van der Waals surface area (Å²) in [7, 11) is 0. The fourth-order valence-electron chi connectivity index (χ4n) is 1.33. The SMILES string of the molecule is Cc1ccc(C(=O)Nc2ccc(Cl)cc2Cl)o1. The fourth-order valence-corrected chi connectivity index (χ4v) is 1.79. The van der Waals surface area contributed by atoms with Crippen LogP contribution in [0.3, 0.4) is 0 Å². The van der Waals surface area contributed by atoms with Crippen LogP contribution in [0.5, 0.6) is 0 Å². The summed E-state index contributed by atoms with van der Waals surface area (Å²) in [4.78, 5) is 11.8. The lowest BCUT2D eigenvalue weighted by Gasteiger charge is -2.05. The summed E-state index contributed by atoms with van der Waals surface area (Å²) in [6.45, 7) is 1.77.